The van der Waals surface area contributed by atoms with Crippen molar-refractivity contribution in [1.29, 1.82) is 0 Å². The van der Waals surface area contributed by atoms with Crippen LogP contribution in [0, 0.1) is 0 Å². The summed E-state index contributed by atoms with van der Waals surface area (Å²) in [6, 6.07) is 23.9. The Hall–Kier alpha value is -2.71. The van der Waals surface area contributed by atoms with Crippen LogP contribution in [-0.2, 0) is 11.0 Å². The first-order chi connectivity index (χ1) is 14.0. The van der Waals surface area contributed by atoms with E-state index < -0.39 is 7.82 Å². The molecular weight excluding hydrogens is 383 g/mol. The molecule has 3 aromatic carbocycles. The van der Waals surface area contributed by atoms with Gasteiger partial charge in [0.15, 0.2) is 0 Å². The van der Waals surface area contributed by atoms with Crippen LogP contribution < -0.4 is 13.6 Å². The van der Waals surface area contributed by atoms with Gasteiger partial charge >= 0.3 is 7.82 Å². The molecule has 152 valence electrons. The highest BCUT2D eigenvalue weighted by atomic mass is 31.2. The normalized spacial score (nSPS) is 13.0. The Morgan fingerprint density at radius 2 is 1.34 bits per heavy atom. The second kappa shape index (κ2) is 9.67. The van der Waals surface area contributed by atoms with E-state index in [4.69, 9.17) is 13.6 Å². The average molecular weight is 410 g/mol. The van der Waals surface area contributed by atoms with Gasteiger partial charge in [0, 0.05) is 0 Å². The molecule has 0 aliphatic heterocycles. The Balaban J connectivity index is 1.87. The first-order valence-corrected chi connectivity index (χ1v) is 11.4. The Morgan fingerprint density at radius 3 is 1.97 bits per heavy atom. The van der Waals surface area contributed by atoms with E-state index in [0.29, 0.717) is 23.2 Å². The smallest absolute Gasteiger partial charge is 0.386 e. The third-order valence-corrected chi connectivity index (χ3v) is 5.68. The zero-order valence-corrected chi connectivity index (χ0v) is 18.0. The van der Waals surface area contributed by atoms with Crippen LogP contribution in [0.3, 0.4) is 0 Å². The van der Waals surface area contributed by atoms with Crippen LogP contribution in [0.5, 0.6) is 17.2 Å². The third kappa shape index (κ3) is 6.13. The molecule has 0 amide bonds. The molecule has 4 nitrogen and oxygen atoms in total. The van der Waals surface area contributed by atoms with Gasteiger partial charge in [-0.15, -0.1) is 0 Å². The largest absolute Gasteiger partial charge is 0.647 e. The monoisotopic (exact) mass is 410 g/mol. The van der Waals surface area contributed by atoms with Gasteiger partial charge < -0.3 is 13.6 Å². The van der Waals surface area contributed by atoms with Gasteiger partial charge in [0.1, 0.15) is 17.2 Å². The molecule has 0 radical (unpaired) electrons. The van der Waals surface area contributed by atoms with Crippen LogP contribution in [0.1, 0.15) is 44.2 Å². The molecule has 0 saturated carbocycles. The maximum atomic E-state index is 13.5. The van der Waals surface area contributed by atoms with Crippen molar-refractivity contribution < 1.29 is 18.1 Å². The molecule has 0 N–H and O–H groups in total. The van der Waals surface area contributed by atoms with E-state index in [0.717, 1.165) is 18.4 Å². The van der Waals surface area contributed by atoms with Crippen molar-refractivity contribution in [3.8, 4) is 17.2 Å². The molecule has 0 saturated heterocycles. The van der Waals surface area contributed by atoms with E-state index in [9.17, 15) is 4.57 Å². The average Bonchev–Trinajstić information content (AvgIpc) is 2.70. The molecule has 3 rings (SSSR count). The second-order valence-electron chi connectivity index (χ2n) is 7.16. The van der Waals surface area contributed by atoms with Gasteiger partial charge in [0.25, 0.3) is 0 Å². The minimum Gasteiger partial charge on any atom is -0.386 e. The summed E-state index contributed by atoms with van der Waals surface area (Å²) in [5.41, 5.74) is 2.28. The highest BCUT2D eigenvalue weighted by Gasteiger charge is 2.33. The quantitative estimate of drug-likeness (QED) is 0.345. The molecule has 0 aliphatic rings. The SMILES string of the molecule is CCCc1ccc(OP(=O)(Oc2ccccc2)Oc2cccc(C(C)C)c2)cc1. The van der Waals surface area contributed by atoms with Gasteiger partial charge in [-0.2, -0.15) is 4.57 Å². The molecule has 0 aliphatic carbocycles. The lowest BCUT2D eigenvalue weighted by Crippen LogP contribution is -2.08. The molecule has 0 heterocycles. The van der Waals surface area contributed by atoms with Crippen LogP contribution in [0.15, 0.2) is 78.9 Å². The topological polar surface area (TPSA) is 44.8 Å². The van der Waals surface area contributed by atoms with Crippen molar-refractivity contribution in [2.75, 3.05) is 0 Å². The van der Waals surface area contributed by atoms with Gasteiger partial charge in [-0.05, 0) is 59.9 Å². The van der Waals surface area contributed by atoms with Crippen molar-refractivity contribution in [3.05, 3.63) is 90.0 Å². The summed E-state index contributed by atoms with van der Waals surface area (Å²) in [5.74, 6) is 1.61. The minimum atomic E-state index is -3.97. The van der Waals surface area contributed by atoms with Gasteiger partial charge in [0.05, 0.1) is 0 Å². The van der Waals surface area contributed by atoms with Crippen LogP contribution in [-0.4, -0.2) is 0 Å². The summed E-state index contributed by atoms with van der Waals surface area (Å²) < 4.78 is 30.8. The van der Waals surface area contributed by atoms with Crippen molar-refractivity contribution in [2.24, 2.45) is 0 Å². The highest BCUT2D eigenvalue weighted by molar-refractivity contribution is 7.49. The molecule has 29 heavy (non-hydrogen) atoms. The summed E-state index contributed by atoms with van der Waals surface area (Å²) in [7, 11) is -3.97. The Morgan fingerprint density at radius 1 is 0.759 bits per heavy atom. The summed E-state index contributed by atoms with van der Waals surface area (Å²) in [6.45, 7) is 6.31. The van der Waals surface area contributed by atoms with E-state index in [1.54, 1.807) is 42.5 Å². The predicted octanol–water partition coefficient (Wildman–Crippen LogP) is 7.41. The molecule has 5 heteroatoms. The van der Waals surface area contributed by atoms with Gasteiger partial charge in [0.2, 0.25) is 0 Å². The molecule has 3 aromatic rings. The lowest BCUT2D eigenvalue weighted by atomic mass is 10.0. The highest BCUT2D eigenvalue weighted by Crippen LogP contribution is 2.50. The number of aryl methyl sites for hydroxylation is 1. The number of rotatable bonds is 9. The van der Waals surface area contributed by atoms with Crippen LogP contribution in [0.2, 0.25) is 0 Å². The van der Waals surface area contributed by atoms with E-state index in [1.165, 1.54) is 5.56 Å². The van der Waals surface area contributed by atoms with Crippen LogP contribution in [0.25, 0.3) is 0 Å². The van der Waals surface area contributed by atoms with E-state index in [-0.39, 0.29) is 0 Å². The number of benzene rings is 3. The fraction of sp³-hybridized carbons (Fsp3) is 0.250. The van der Waals surface area contributed by atoms with E-state index in [2.05, 4.69) is 20.8 Å². The maximum Gasteiger partial charge on any atom is 0.647 e. The summed E-state index contributed by atoms with van der Waals surface area (Å²) in [5, 5.41) is 0. The molecule has 0 bridgehead atoms. The summed E-state index contributed by atoms with van der Waals surface area (Å²) >= 11 is 0. The molecule has 1 atom stereocenters. The molecule has 0 spiro atoms. The zero-order chi connectivity index (χ0) is 20.7. The van der Waals surface area contributed by atoms with E-state index >= 15 is 0 Å². The lowest BCUT2D eigenvalue weighted by Gasteiger charge is -2.20. The van der Waals surface area contributed by atoms with Crippen molar-refractivity contribution >= 4 is 7.82 Å². The second-order valence-corrected chi connectivity index (χ2v) is 8.60. The third-order valence-electron chi connectivity index (χ3n) is 4.38. The first-order valence-electron chi connectivity index (χ1n) is 9.90. The van der Waals surface area contributed by atoms with Crippen molar-refractivity contribution in [3.63, 3.8) is 0 Å². The zero-order valence-electron chi connectivity index (χ0n) is 17.1. The molecular formula is C24H27O4P. The number of phosphoric ester groups is 1. The molecule has 1 unspecified atom stereocenters. The van der Waals surface area contributed by atoms with E-state index in [1.807, 2.05) is 36.4 Å². The number of hydrogen-bond acceptors (Lipinski definition) is 4. The van der Waals surface area contributed by atoms with Crippen LogP contribution >= 0.6 is 7.82 Å². The van der Waals surface area contributed by atoms with Gasteiger partial charge in [-0.1, -0.05) is 69.7 Å². The molecule has 0 aromatic heterocycles. The van der Waals surface area contributed by atoms with Gasteiger partial charge in [-0.25, -0.2) is 0 Å². The number of para-hydroxylation sites is 1. The Bertz CT molecular complexity index is 952. The van der Waals surface area contributed by atoms with Crippen LogP contribution in [0.4, 0.5) is 0 Å². The Labute approximate surface area is 173 Å². The fourth-order valence-electron chi connectivity index (χ4n) is 2.86. The molecule has 0 fully saturated rings. The number of hydrogen-bond donors (Lipinski definition) is 0. The van der Waals surface area contributed by atoms with Gasteiger partial charge in [-0.3, -0.25) is 0 Å². The fourth-order valence-corrected chi connectivity index (χ4v) is 4.10. The summed E-state index contributed by atoms with van der Waals surface area (Å²) in [6.07, 6.45) is 2.04. The standard InChI is InChI=1S/C24H27O4P/c1-4-9-20-14-16-23(17-15-20)27-29(25,26-22-11-6-5-7-12-22)28-24-13-8-10-21(18-24)19(2)3/h5-8,10-19H,4,9H2,1-3H3. The van der Waals surface area contributed by atoms with Crippen molar-refractivity contribution in [2.45, 2.75) is 39.5 Å². The predicted molar refractivity (Wildman–Crippen MR) is 117 cm³/mol. The summed E-state index contributed by atoms with van der Waals surface area (Å²) in [4.78, 5) is 0. The maximum absolute atomic E-state index is 13.5. The van der Waals surface area contributed by atoms with Crippen molar-refractivity contribution in [1.82, 2.24) is 0 Å². The Kier molecular flexibility index (Phi) is 7.00. The lowest BCUT2D eigenvalue weighted by molar-refractivity contribution is 0.298. The minimum absolute atomic E-state index is 0.319. The first kappa shape index (κ1) is 21.0. The number of phosphoric acid groups is 1.